The molecule has 2 aromatic rings. The second-order valence-corrected chi connectivity index (χ2v) is 14.5. The molecule has 1 aromatic carbocycles. The van der Waals surface area contributed by atoms with E-state index in [1.807, 2.05) is 6.07 Å². The lowest BCUT2D eigenvalue weighted by Gasteiger charge is -2.34. The van der Waals surface area contributed by atoms with E-state index < -0.39 is 21.8 Å². The first-order valence-electron chi connectivity index (χ1n) is 13.5. The van der Waals surface area contributed by atoms with Gasteiger partial charge in [-0.15, -0.1) is 11.3 Å². The van der Waals surface area contributed by atoms with Crippen molar-refractivity contribution in [2.45, 2.75) is 54.7 Å². The van der Waals surface area contributed by atoms with Gasteiger partial charge < -0.3 is 10.0 Å². The maximum Gasteiger partial charge on any atom is 0.320 e. The quantitative estimate of drug-likeness (QED) is 0.438. The van der Waals surface area contributed by atoms with Gasteiger partial charge in [0.15, 0.2) is 9.84 Å². The minimum absolute atomic E-state index is 0.102. The molecule has 0 unspecified atom stereocenters. The van der Waals surface area contributed by atoms with Crippen molar-refractivity contribution in [2.75, 3.05) is 38.5 Å². The van der Waals surface area contributed by atoms with E-state index in [1.165, 1.54) is 17.4 Å². The fourth-order valence-electron chi connectivity index (χ4n) is 6.19. The zero-order valence-corrected chi connectivity index (χ0v) is 22.8. The van der Waals surface area contributed by atoms with Crippen molar-refractivity contribution in [2.24, 2.45) is 17.8 Å². The number of sulfone groups is 1. The van der Waals surface area contributed by atoms with E-state index in [-0.39, 0.29) is 23.4 Å². The van der Waals surface area contributed by atoms with Crippen molar-refractivity contribution in [3.8, 4) is 0 Å². The van der Waals surface area contributed by atoms with Crippen LogP contribution in [-0.4, -0.2) is 73.8 Å². The zero-order chi connectivity index (χ0) is 26.0. The molecule has 1 N–H and O–H groups in total. The van der Waals surface area contributed by atoms with Crippen LogP contribution in [0.25, 0.3) is 0 Å². The lowest BCUT2D eigenvalue weighted by Crippen LogP contribution is -2.42. The van der Waals surface area contributed by atoms with Crippen LogP contribution in [0.5, 0.6) is 0 Å². The highest BCUT2D eigenvalue weighted by molar-refractivity contribution is 7.93. The smallest absolute Gasteiger partial charge is 0.320 e. The van der Waals surface area contributed by atoms with Gasteiger partial charge in [0.25, 0.3) is 0 Å². The first kappa shape index (κ1) is 26.8. The third-order valence-electron chi connectivity index (χ3n) is 8.52. The van der Waals surface area contributed by atoms with Crippen molar-refractivity contribution < 1.29 is 22.7 Å². The molecule has 5 rings (SSSR count). The number of likely N-dealkylation sites (tertiary alicyclic amines) is 2. The predicted molar refractivity (Wildman–Crippen MR) is 143 cm³/mol. The lowest BCUT2D eigenvalue weighted by molar-refractivity contribution is -0.143. The number of carbonyl (C=O) groups is 1. The summed E-state index contributed by atoms with van der Waals surface area (Å²) >= 11 is 1.28. The van der Waals surface area contributed by atoms with E-state index in [0.717, 1.165) is 50.9 Å². The maximum absolute atomic E-state index is 14.1. The summed E-state index contributed by atoms with van der Waals surface area (Å²) in [6, 6.07) is 9.79. The van der Waals surface area contributed by atoms with Gasteiger partial charge in [-0.05, 0) is 85.7 Å². The number of piperidine rings is 1. The highest BCUT2D eigenvalue weighted by atomic mass is 32.2. The second-order valence-electron chi connectivity index (χ2n) is 11.2. The van der Waals surface area contributed by atoms with E-state index >= 15 is 0 Å². The van der Waals surface area contributed by atoms with E-state index in [4.69, 9.17) is 0 Å². The van der Waals surface area contributed by atoms with Crippen LogP contribution < -0.4 is 0 Å². The van der Waals surface area contributed by atoms with E-state index in [2.05, 4.69) is 9.80 Å². The van der Waals surface area contributed by atoms with Gasteiger partial charge in [0.2, 0.25) is 0 Å². The van der Waals surface area contributed by atoms with Gasteiger partial charge in [0, 0.05) is 25.6 Å². The van der Waals surface area contributed by atoms with Crippen molar-refractivity contribution >= 4 is 27.1 Å². The molecular formula is C28H37FN2O4S2. The Labute approximate surface area is 223 Å². The first-order valence-corrected chi connectivity index (χ1v) is 16.0. The van der Waals surface area contributed by atoms with Crippen LogP contribution in [0.2, 0.25) is 0 Å². The molecule has 1 aromatic heterocycles. The number of aliphatic carboxylic acids is 1. The van der Waals surface area contributed by atoms with Crippen LogP contribution in [0.15, 0.2) is 46.0 Å². The van der Waals surface area contributed by atoms with Crippen molar-refractivity contribution in [1.82, 2.24) is 9.80 Å². The summed E-state index contributed by atoms with van der Waals surface area (Å²) < 4.78 is 39.7. The number of hydrogen-bond acceptors (Lipinski definition) is 6. The topological polar surface area (TPSA) is 77.9 Å². The number of nitrogens with zero attached hydrogens (tertiary/aromatic N) is 2. The number of thiophene rings is 1. The fourth-order valence-corrected chi connectivity index (χ4v) is 8.77. The molecule has 0 amide bonds. The minimum Gasteiger partial charge on any atom is -0.480 e. The molecule has 1 saturated carbocycles. The number of rotatable bonds is 11. The number of benzene rings is 1. The highest BCUT2D eigenvalue weighted by Gasteiger charge is 2.42. The Balaban J connectivity index is 1.20. The highest BCUT2D eigenvalue weighted by Crippen LogP contribution is 2.39. The standard InChI is InChI=1S/C28H37FN2O4S2/c29-24-4-1-3-22(16-24)25-19-31(26(28(32)33)15-21-6-7-21)18-23(25)17-30-11-8-20(9-12-30)10-14-37(34,35)27-5-2-13-36-27/h1-5,13,16,20-21,23,25-26H,6-12,14-15,17-19H2,(H,32,33)/t23-,25+,26+/m0/s1. The number of halogens is 1. The SMILES string of the molecule is O=C(O)[C@@H](CC1CC1)N1C[C@H](CN2CCC(CCS(=O)(=O)c3cccs3)CC2)[C@@H](c2cccc(F)c2)C1. The Hall–Kier alpha value is -1.81. The molecule has 6 nitrogen and oxygen atoms in total. The summed E-state index contributed by atoms with van der Waals surface area (Å²) in [6.07, 6.45) is 5.59. The molecular weight excluding hydrogens is 511 g/mol. The first-order chi connectivity index (χ1) is 17.8. The Morgan fingerprint density at radius 3 is 2.51 bits per heavy atom. The van der Waals surface area contributed by atoms with Crippen molar-refractivity contribution in [3.63, 3.8) is 0 Å². The molecule has 9 heteroatoms. The van der Waals surface area contributed by atoms with Crippen molar-refractivity contribution in [3.05, 3.63) is 53.2 Å². The number of carboxylic acid groups (broad SMARTS) is 1. The Bertz CT molecular complexity index is 1160. The molecule has 2 saturated heterocycles. The van der Waals surface area contributed by atoms with Crippen LogP contribution in [0.1, 0.15) is 50.0 Å². The molecule has 2 aliphatic heterocycles. The second kappa shape index (κ2) is 11.5. The molecule has 0 spiro atoms. The number of hydrogen-bond donors (Lipinski definition) is 1. The van der Waals surface area contributed by atoms with Gasteiger partial charge in [0.1, 0.15) is 16.1 Å². The van der Waals surface area contributed by atoms with Crippen LogP contribution >= 0.6 is 11.3 Å². The van der Waals surface area contributed by atoms with Crippen LogP contribution in [0.3, 0.4) is 0 Å². The Morgan fingerprint density at radius 2 is 1.86 bits per heavy atom. The number of carboxylic acids is 1. The third-order valence-corrected chi connectivity index (χ3v) is 11.8. The van der Waals surface area contributed by atoms with Gasteiger partial charge in [-0.2, -0.15) is 0 Å². The zero-order valence-electron chi connectivity index (χ0n) is 21.2. The Kier molecular flexibility index (Phi) is 8.34. The summed E-state index contributed by atoms with van der Waals surface area (Å²) in [5.41, 5.74) is 0.955. The van der Waals surface area contributed by atoms with Crippen LogP contribution in [-0.2, 0) is 14.6 Å². The fraction of sp³-hybridized carbons (Fsp3) is 0.607. The molecule has 1 aliphatic carbocycles. The van der Waals surface area contributed by atoms with Crippen LogP contribution in [0.4, 0.5) is 4.39 Å². The average molecular weight is 549 g/mol. The molecule has 3 aliphatic rings. The summed E-state index contributed by atoms with van der Waals surface area (Å²) in [4.78, 5) is 16.7. The average Bonchev–Trinajstić information content (AvgIpc) is 3.34. The van der Waals surface area contributed by atoms with Gasteiger partial charge >= 0.3 is 5.97 Å². The van der Waals surface area contributed by atoms with Crippen molar-refractivity contribution in [1.29, 1.82) is 0 Å². The largest absolute Gasteiger partial charge is 0.480 e. The summed E-state index contributed by atoms with van der Waals surface area (Å²) in [5, 5.41) is 11.8. The van der Waals surface area contributed by atoms with Gasteiger partial charge in [0.05, 0.1) is 5.75 Å². The van der Waals surface area contributed by atoms with Crippen LogP contribution in [0, 0.1) is 23.6 Å². The van der Waals surface area contributed by atoms with Gasteiger partial charge in [-0.3, -0.25) is 9.69 Å². The van der Waals surface area contributed by atoms with E-state index in [1.54, 1.807) is 29.6 Å². The molecule has 37 heavy (non-hydrogen) atoms. The van der Waals surface area contributed by atoms with Gasteiger partial charge in [-0.1, -0.05) is 31.0 Å². The van der Waals surface area contributed by atoms with E-state index in [9.17, 15) is 22.7 Å². The molecule has 0 radical (unpaired) electrons. The predicted octanol–water partition coefficient (Wildman–Crippen LogP) is 4.73. The normalized spacial score (nSPS) is 24.9. The summed E-state index contributed by atoms with van der Waals surface area (Å²) in [7, 11) is -3.19. The molecule has 0 bridgehead atoms. The Morgan fingerprint density at radius 1 is 1.08 bits per heavy atom. The molecule has 3 fully saturated rings. The molecule has 202 valence electrons. The monoisotopic (exact) mass is 548 g/mol. The molecule has 3 atom stereocenters. The molecule has 3 heterocycles. The lowest BCUT2D eigenvalue weighted by atomic mass is 9.87. The third kappa shape index (κ3) is 6.80. The summed E-state index contributed by atoms with van der Waals surface area (Å²) in [5.74, 6) is 0.471. The maximum atomic E-state index is 14.1. The summed E-state index contributed by atoms with van der Waals surface area (Å²) in [6.45, 7) is 4.05. The van der Waals surface area contributed by atoms with E-state index in [0.29, 0.717) is 42.0 Å². The van der Waals surface area contributed by atoms with Gasteiger partial charge in [-0.25, -0.2) is 12.8 Å². The minimum atomic E-state index is -3.19.